The Labute approximate surface area is 111 Å². The molecule has 3 nitrogen and oxygen atoms in total. The number of benzene rings is 1. The summed E-state index contributed by atoms with van der Waals surface area (Å²) in [6.45, 7) is 6.06. The molecule has 17 heavy (non-hydrogen) atoms. The summed E-state index contributed by atoms with van der Waals surface area (Å²) in [7, 11) is 0. The normalized spacial score (nSPS) is 12.6. The number of nitrogens with one attached hydrogen (secondary N) is 1. The van der Waals surface area contributed by atoms with Gasteiger partial charge >= 0.3 is 0 Å². The number of hydrogen-bond acceptors (Lipinski definition) is 2. The van der Waals surface area contributed by atoms with Crippen molar-refractivity contribution in [3.63, 3.8) is 0 Å². The van der Waals surface area contributed by atoms with E-state index in [1.54, 1.807) is 0 Å². The molecule has 0 spiro atoms. The van der Waals surface area contributed by atoms with Crippen LogP contribution in [0, 0.1) is 12.8 Å². The van der Waals surface area contributed by atoms with Crippen molar-refractivity contribution in [2.24, 2.45) is 11.7 Å². The van der Waals surface area contributed by atoms with Gasteiger partial charge in [0.2, 0.25) is 5.91 Å². The highest BCUT2D eigenvalue weighted by atomic mass is 79.9. The van der Waals surface area contributed by atoms with Gasteiger partial charge in [-0.05, 0) is 43.0 Å². The van der Waals surface area contributed by atoms with Crippen molar-refractivity contribution in [1.29, 1.82) is 0 Å². The zero-order valence-electron chi connectivity index (χ0n) is 10.5. The zero-order chi connectivity index (χ0) is 13.0. The van der Waals surface area contributed by atoms with Crippen LogP contribution in [0.1, 0.15) is 25.8 Å². The molecule has 94 valence electrons. The van der Waals surface area contributed by atoms with Crippen LogP contribution in [0.4, 0.5) is 5.69 Å². The van der Waals surface area contributed by atoms with Crippen LogP contribution in [0.3, 0.4) is 0 Å². The summed E-state index contributed by atoms with van der Waals surface area (Å²) in [5.41, 5.74) is 7.66. The first-order chi connectivity index (χ1) is 7.90. The Kier molecular flexibility index (Phi) is 5.15. The lowest BCUT2D eigenvalue weighted by Gasteiger charge is -2.15. The smallest absolute Gasteiger partial charge is 0.241 e. The maximum absolute atomic E-state index is 11.8. The van der Waals surface area contributed by atoms with Crippen LogP contribution in [-0.4, -0.2) is 11.9 Å². The molecule has 0 aliphatic rings. The average molecular weight is 299 g/mol. The average Bonchev–Trinajstić information content (AvgIpc) is 2.21. The standard InChI is InChI=1S/C13H19BrN2O/c1-8(2)6-11(15)13(17)16-12-5-4-10(14)7-9(12)3/h4-5,7-8,11H,6,15H2,1-3H3,(H,16,17)/t11-/m0/s1. The molecular formula is C13H19BrN2O. The monoisotopic (exact) mass is 298 g/mol. The Hall–Kier alpha value is -0.870. The molecule has 0 aromatic heterocycles. The number of hydrogen-bond donors (Lipinski definition) is 2. The summed E-state index contributed by atoms with van der Waals surface area (Å²) < 4.78 is 1.000. The second-order valence-corrected chi connectivity index (χ2v) is 5.60. The second kappa shape index (κ2) is 6.17. The van der Waals surface area contributed by atoms with E-state index in [1.165, 1.54) is 0 Å². The number of amides is 1. The van der Waals surface area contributed by atoms with Crippen LogP contribution in [0.5, 0.6) is 0 Å². The van der Waals surface area contributed by atoms with Crippen LogP contribution in [0.2, 0.25) is 0 Å². The summed E-state index contributed by atoms with van der Waals surface area (Å²) in [4.78, 5) is 11.8. The molecule has 4 heteroatoms. The van der Waals surface area contributed by atoms with Crippen LogP contribution >= 0.6 is 15.9 Å². The lowest BCUT2D eigenvalue weighted by molar-refractivity contribution is -0.117. The van der Waals surface area contributed by atoms with Crippen molar-refractivity contribution in [3.8, 4) is 0 Å². The Morgan fingerprint density at radius 1 is 1.47 bits per heavy atom. The number of anilines is 1. The summed E-state index contributed by atoms with van der Waals surface area (Å²) >= 11 is 3.39. The maximum atomic E-state index is 11.8. The van der Waals surface area contributed by atoms with E-state index in [1.807, 2.05) is 25.1 Å². The van der Waals surface area contributed by atoms with Crippen molar-refractivity contribution >= 4 is 27.5 Å². The maximum Gasteiger partial charge on any atom is 0.241 e. The van der Waals surface area contributed by atoms with Crippen molar-refractivity contribution in [3.05, 3.63) is 28.2 Å². The van der Waals surface area contributed by atoms with E-state index in [0.717, 1.165) is 15.7 Å². The van der Waals surface area contributed by atoms with Gasteiger partial charge < -0.3 is 11.1 Å². The largest absolute Gasteiger partial charge is 0.324 e. The SMILES string of the molecule is Cc1cc(Br)ccc1NC(=O)[C@@H](N)CC(C)C. The quantitative estimate of drug-likeness (QED) is 0.897. The highest BCUT2D eigenvalue weighted by molar-refractivity contribution is 9.10. The minimum absolute atomic E-state index is 0.121. The molecule has 0 radical (unpaired) electrons. The van der Waals surface area contributed by atoms with E-state index in [9.17, 15) is 4.79 Å². The molecule has 0 aliphatic heterocycles. The fourth-order valence-electron chi connectivity index (χ4n) is 1.61. The fourth-order valence-corrected chi connectivity index (χ4v) is 2.08. The first-order valence-corrected chi connectivity index (χ1v) is 6.52. The summed E-state index contributed by atoms with van der Waals surface area (Å²) in [5.74, 6) is 0.297. The van der Waals surface area contributed by atoms with E-state index in [4.69, 9.17) is 5.73 Å². The number of carbonyl (C=O) groups is 1. The number of nitrogens with two attached hydrogens (primary N) is 1. The van der Waals surface area contributed by atoms with Crippen molar-refractivity contribution in [2.45, 2.75) is 33.2 Å². The van der Waals surface area contributed by atoms with Crippen LogP contribution in [0.25, 0.3) is 0 Å². The van der Waals surface area contributed by atoms with Crippen LogP contribution in [-0.2, 0) is 4.79 Å². The van der Waals surface area contributed by atoms with E-state index >= 15 is 0 Å². The Bertz CT molecular complexity index is 404. The molecule has 1 rings (SSSR count). The molecule has 1 aromatic carbocycles. The highest BCUT2D eigenvalue weighted by Crippen LogP contribution is 2.20. The number of aryl methyl sites for hydroxylation is 1. The molecule has 1 aromatic rings. The first-order valence-electron chi connectivity index (χ1n) is 5.72. The van der Waals surface area contributed by atoms with Gasteiger partial charge in [0.25, 0.3) is 0 Å². The summed E-state index contributed by atoms with van der Waals surface area (Å²) in [6.07, 6.45) is 0.696. The molecule has 0 fully saturated rings. The number of rotatable bonds is 4. The third-order valence-electron chi connectivity index (χ3n) is 2.51. The van der Waals surface area contributed by atoms with Crippen LogP contribution in [0.15, 0.2) is 22.7 Å². The van der Waals surface area contributed by atoms with Gasteiger partial charge in [0.05, 0.1) is 6.04 Å². The molecule has 1 atom stereocenters. The van der Waals surface area contributed by atoms with Gasteiger partial charge in [0.1, 0.15) is 0 Å². The fraction of sp³-hybridized carbons (Fsp3) is 0.462. The molecular weight excluding hydrogens is 280 g/mol. The number of halogens is 1. The summed E-state index contributed by atoms with van der Waals surface area (Å²) in [6, 6.07) is 5.29. The van der Waals surface area contributed by atoms with Gasteiger partial charge in [-0.1, -0.05) is 29.8 Å². The molecule has 3 N–H and O–H groups in total. The van der Waals surface area contributed by atoms with Gasteiger partial charge in [-0.15, -0.1) is 0 Å². The van der Waals surface area contributed by atoms with Gasteiger partial charge in [-0.2, -0.15) is 0 Å². The molecule has 0 aliphatic carbocycles. The van der Waals surface area contributed by atoms with E-state index in [2.05, 4.69) is 35.1 Å². The van der Waals surface area contributed by atoms with E-state index < -0.39 is 6.04 Å². The minimum atomic E-state index is -0.446. The molecule has 1 amide bonds. The van der Waals surface area contributed by atoms with Gasteiger partial charge in [0, 0.05) is 10.2 Å². The van der Waals surface area contributed by atoms with Crippen LogP contribution < -0.4 is 11.1 Å². The Morgan fingerprint density at radius 2 is 2.12 bits per heavy atom. The van der Waals surface area contributed by atoms with Gasteiger partial charge in [0.15, 0.2) is 0 Å². The topological polar surface area (TPSA) is 55.1 Å². The lowest BCUT2D eigenvalue weighted by atomic mass is 10.0. The van der Waals surface area contributed by atoms with E-state index in [-0.39, 0.29) is 5.91 Å². The first kappa shape index (κ1) is 14.2. The lowest BCUT2D eigenvalue weighted by Crippen LogP contribution is -2.36. The summed E-state index contributed by atoms with van der Waals surface area (Å²) in [5, 5.41) is 2.86. The zero-order valence-corrected chi connectivity index (χ0v) is 12.0. The third kappa shape index (κ3) is 4.48. The number of carbonyl (C=O) groups excluding carboxylic acids is 1. The van der Waals surface area contributed by atoms with Crippen molar-refractivity contribution < 1.29 is 4.79 Å². The Balaban J connectivity index is 2.67. The Morgan fingerprint density at radius 3 is 2.65 bits per heavy atom. The second-order valence-electron chi connectivity index (χ2n) is 4.68. The molecule has 0 saturated carbocycles. The predicted octanol–water partition coefficient (Wildman–Crippen LogP) is 3.07. The molecule has 0 saturated heterocycles. The van der Waals surface area contributed by atoms with Crippen molar-refractivity contribution in [1.82, 2.24) is 0 Å². The van der Waals surface area contributed by atoms with Crippen molar-refractivity contribution in [2.75, 3.05) is 5.32 Å². The minimum Gasteiger partial charge on any atom is -0.324 e. The van der Waals surface area contributed by atoms with E-state index in [0.29, 0.717) is 12.3 Å². The molecule has 0 heterocycles. The predicted molar refractivity (Wildman–Crippen MR) is 74.9 cm³/mol. The van der Waals surface area contributed by atoms with Gasteiger partial charge in [-0.3, -0.25) is 4.79 Å². The van der Waals surface area contributed by atoms with Gasteiger partial charge in [-0.25, -0.2) is 0 Å². The third-order valence-corrected chi connectivity index (χ3v) is 3.00. The molecule has 0 unspecified atom stereocenters. The molecule has 0 bridgehead atoms. The highest BCUT2D eigenvalue weighted by Gasteiger charge is 2.15.